The van der Waals surface area contributed by atoms with Crippen LogP contribution in [0.25, 0.3) is 0 Å². The Bertz CT molecular complexity index is 1410. The summed E-state index contributed by atoms with van der Waals surface area (Å²) in [5.41, 5.74) is -1.99. The van der Waals surface area contributed by atoms with E-state index in [9.17, 15) is 36.9 Å². The number of hydrogen-bond acceptors (Lipinski definition) is 7. The van der Waals surface area contributed by atoms with Gasteiger partial charge in [0.25, 0.3) is 0 Å². The lowest BCUT2D eigenvalue weighted by Crippen LogP contribution is -2.36. The van der Waals surface area contributed by atoms with Crippen LogP contribution in [-0.4, -0.2) is 26.4 Å². The van der Waals surface area contributed by atoms with Crippen LogP contribution in [0.5, 0.6) is 0 Å². The molecular formula is C25H25F3N4O4S. The van der Waals surface area contributed by atoms with Gasteiger partial charge in [-0.05, 0) is 63.6 Å². The molecule has 0 unspecified atom stereocenters. The zero-order valence-electron chi connectivity index (χ0n) is 20.7. The fourth-order valence-corrected chi connectivity index (χ4v) is 4.27. The molecule has 196 valence electrons. The first-order valence-electron chi connectivity index (χ1n) is 10.7. The Morgan fingerprint density at radius 2 is 1.73 bits per heavy atom. The summed E-state index contributed by atoms with van der Waals surface area (Å²) in [5, 5.41) is 24.4. The first-order chi connectivity index (χ1) is 17.0. The Kier molecular flexibility index (Phi) is 8.63. The highest BCUT2D eigenvalue weighted by Crippen LogP contribution is 2.33. The molecule has 0 bridgehead atoms. The number of amides is 1. The lowest BCUT2D eigenvalue weighted by molar-refractivity contribution is -0.137. The number of sulfone groups is 1. The van der Waals surface area contributed by atoms with Crippen molar-refractivity contribution in [2.75, 3.05) is 11.6 Å². The average Bonchev–Trinajstić information content (AvgIpc) is 2.76. The Morgan fingerprint density at radius 1 is 1.08 bits per heavy atom. The topological polar surface area (TPSA) is 132 Å². The van der Waals surface area contributed by atoms with Crippen molar-refractivity contribution in [3.63, 3.8) is 0 Å². The lowest BCUT2D eigenvalue weighted by Gasteiger charge is -2.26. The second-order valence-electron chi connectivity index (χ2n) is 9.07. The molecule has 0 aliphatic heterocycles. The van der Waals surface area contributed by atoms with Crippen LogP contribution in [0, 0.1) is 22.7 Å². The van der Waals surface area contributed by atoms with Crippen LogP contribution < -0.4 is 10.6 Å². The molecule has 2 rings (SSSR count). The molecule has 1 atom stereocenters. The van der Waals surface area contributed by atoms with E-state index >= 15 is 0 Å². The van der Waals surface area contributed by atoms with Crippen molar-refractivity contribution in [3.8, 4) is 12.1 Å². The number of rotatable bonds is 6. The number of halogens is 3. The second kappa shape index (κ2) is 10.9. The molecule has 2 aromatic carbocycles. The van der Waals surface area contributed by atoms with Crippen LogP contribution in [0.15, 0.2) is 58.6 Å². The molecule has 2 N–H and O–H groups in total. The molecule has 0 radical (unpaired) electrons. The third-order valence-electron chi connectivity index (χ3n) is 4.85. The van der Waals surface area contributed by atoms with Crippen LogP contribution >= 0.6 is 0 Å². The van der Waals surface area contributed by atoms with Crippen LogP contribution in [0.3, 0.4) is 0 Å². The number of nitrogens with zero attached hydrogens (tertiary/aromatic N) is 2. The highest BCUT2D eigenvalue weighted by Gasteiger charge is 2.31. The molecule has 2 aromatic rings. The molecule has 0 aliphatic carbocycles. The molecule has 8 nitrogen and oxygen atoms in total. The number of nitriles is 2. The third kappa shape index (κ3) is 7.98. The van der Waals surface area contributed by atoms with Crippen LogP contribution in [-0.2, 0) is 20.8 Å². The number of hydrogen-bond donors (Lipinski definition) is 2. The Morgan fingerprint density at radius 3 is 2.24 bits per heavy atom. The van der Waals surface area contributed by atoms with E-state index in [1.54, 1.807) is 20.8 Å². The van der Waals surface area contributed by atoms with Gasteiger partial charge in [0.2, 0.25) is 0 Å². The normalized spacial score (nSPS) is 13.5. The van der Waals surface area contributed by atoms with Gasteiger partial charge in [0.1, 0.15) is 5.60 Å². The monoisotopic (exact) mass is 534 g/mol. The fraction of sp³-hybridized carbons (Fsp3) is 0.320. The van der Waals surface area contributed by atoms with Gasteiger partial charge < -0.3 is 15.4 Å². The molecule has 37 heavy (non-hydrogen) atoms. The summed E-state index contributed by atoms with van der Waals surface area (Å²) < 4.78 is 69.8. The largest absolute Gasteiger partial charge is 0.444 e. The molecule has 0 aromatic heterocycles. The number of anilines is 1. The van der Waals surface area contributed by atoms with Crippen LogP contribution in [0.4, 0.5) is 23.7 Å². The lowest BCUT2D eigenvalue weighted by atomic mass is 9.96. The Hall–Kier alpha value is -4.03. The van der Waals surface area contributed by atoms with Gasteiger partial charge in [-0.1, -0.05) is 12.1 Å². The third-order valence-corrected chi connectivity index (χ3v) is 6.00. The van der Waals surface area contributed by atoms with E-state index in [4.69, 9.17) is 4.74 Å². The van der Waals surface area contributed by atoms with E-state index in [-0.39, 0.29) is 33.0 Å². The molecule has 12 heteroatoms. The molecule has 0 aliphatic rings. The van der Waals surface area contributed by atoms with Gasteiger partial charge in [0, 0.05) is 17.6 Å². The SMILES string of the molecule is C/C(Nc1cccc(C(F)(F)F)c1)=C(\C#N)[C@@H](NC(=O)OC(C)(C)C)c1ccc(C#N)cc1S(C)(=O)=O. The van der Waals surface area contributed by atoms with E-state index in [1.165, 1.54) is 31.2 Å². The smallest absolute Gasteiger partial charge is 0.416 e. The fourth-order valence-electron chi connectivity index (χ4n) is 3.32. The summed E-state index contributed by atoms with van der Waals surface area (Å²) >= 11 is 0. The van der Waals surface area contributed by atoms with E-state index in [2.05, 4.69) is 10.6 Å². The number of carbonyl (C=O) groups excluding carboxylic acids is 1. The van der Waals surface area contributed by atoms with Gasteiger partial charge in [0.05, 0.1) is 39.8 Å². The predicted molar refractivity (Wildman–Crippen MR) is 130 cm³/mol. The molecule has 0 heterocycles. The number of benzene rings is 2. The quantitative estimate of drug-likeness (QED) is 0.471. The first kappa shape index (κ1) is 29.2. The van der Waals surface area contributed by atoms with E-state index < -0.39 is 39.3 Å². The minimum Gasteiger partial charge on any atom is -0.444 e. The molecule has 0 spiro atoms. The molecule has 0 saturated carbocycles. The average molecular weight is 535 g/mol. The zero-order valence-corrected chi connectivity index (χ0v) is 21.5. The van der Waals surface area contributed by atoms with Crippen molar-refractivity contribution in [3.05, 3.63) is 70.4 Å². The minimum atomic E-state index is -4.60. The Balaban J connectivity index is 2.71. The van der Waals surface area contributed by atoms with Crippen molar-refractivity contribution in [1.29, 1.82) is 10.5 Å². The maximum Gasteiger partial charge on any atom is 0.416 e. The van der Waals surface area contributed by atoms with Crippen molar-refractivity contribution < 1.29 is 31.1 Å². The van der Waals surface area contributed by atoms with E-state index in [0.29, 0.717) is 0 Å². The number of alkyl carbamates (subject to hydrolysis) is 1. The van der Waals surface area contributed by atoms with Crippen LogP contribution in [0.2, 0.25) is 0 Å². The number of ether oxygens (including phenoxy) is 1. The summed E-state index contributed by atoms with van der Waals surface area (Å²) in [6.07, 6.45) is -4.66. The van der Waals surface area contributed by atoms with E-state index in [0.717, 1.165) is 24.5 Å². The second-order valence-corrected chi connectivity index (χ2v) is 11.1. The van der Waals surface area contributed by atoms with E-state index in [1.807, 2.05) is 12.1 Å². The van der Waals surface area contributed by atoms with Crippen LogP contribution in [0.1, 0.15) is 50.4 Å². The Labute approximate surface area is 213 Å². The molecule has 0 saturated heterocycles. The summed E-state index contributed by atoms with van der Waals surface area (Å²) in [4.78, 5) is 12.4. The van der Waals surface area contributed by atoms with Crippen molar-refractivity contribution >= 4 is 21.6 Å². The molecule has 1 amide bonds. The van der Waals surface area contributed by atoms with Gasteiger partial charge in [-0.15, -0.1) is 0 Å². The van der Waals surface area contributed by atoms with Gasteiger partial charge in [0.15, 0.2) is 9.84 Å². The number of allylic oxidation sites excluding steroid dienone is 1. The highest BCUT2D eigenvalue weighted by atomic mass is 32.2. The minimum absolute atomic E-state index is 0.0132. The van der Waals surface area contributed by atoms with Crippen molar-refractivity contribution in [2.24, 2.45) is 0 Å². The zero-order chi connectivity index (χ0) is 28.2. The molecular weight excluding hydrogens is 509 g/mol. The number of carbonyl (C=O) groups is 1. The summed E-state index contributed by atoms with van der Waals surface area (Å²) in [7, 11) is -3.95. The van der Waals surface area contributed by atoms with Gasteiger partial charge in [-0.3, -0.25) is 0 Å². The summed E-state index contributed by atoms with van der Waals surface area (Å²) in [5.74, 6) is 0. The van der Waals surface area contributed by atoms with Crippen molar-refractivity contribution in [1.82, 2.24) is 5.32 Å². The van der Waals surface area contributed by atoms with Gasteiger partial charge in [-0.25, -0.2) is 13.2 Å². The maximum atomic E-state index is 13.1. The molecule has 0 fully saturated rings. The number of alkyl halides is 3. The van der Waals surface area contributed by atoms with Crippen molar-refractivity contribution in [2.45, 2.75) is 50.4 Å². The highest BCUT2D eigenvalue weighted by molar-refractivity contribution is 7.90. The number of nitrogens with one attached hydrogen (secondary N) is 2. The maximum absolute atomic E-state index is 13.1. The van der Waals surface area contributed by atoms with Gasteiger partial charge in [-0.2, -0.15) is 23.7 Å². The first-order valence-corrected chi connectivity index (χ1v) is 12.6. The summed E-state index contributed by atoms with van der Waals surface area (Å²) in [6.45, 7) is 6.21. The predicted octanol–water partition coefficient (Wildman–Crippen LogP) is 5.46. The van der Waals surface area contributed by atoms with Gasteiger partial charge >= 0.3 is 12.3 Å². The standard InChI is InChI=1S/C25H25F3N4O4S/c1-15(31-18-8-6-7-17(12-18)25(26,27)28)20(14-30)22(32-23(33)36-24(2,3)4)19-10-9-16(13-29)11-21(19)37(5,34)35/h6-12,22,31H,1-5H3,(H,32,33)/b20-15-/t22-/m0/s1. The summed E-state index contributed by atoms with van der Waals surface area (Å²) in [6, 6.07) is 10.3.